The van der Waals surface area contributed by atoms with Gasteiger partial charge in [0.1, 0.15) is 0 Å². The van der Waals surface area contributed by atoms with E-state index in [0.29, 0.717) is 0 Å². The third-order valence-corrected chi connectivity index (χ3v) is 4.01. The first-order chi connectivity index (χ1) is 12.8. The quantitative estimate of drug-likeness (QED) is 0.813. The van der Waals surface area contributed by atoms with Crippen molar-refractivity contribution in [2.24, 2.45) is 0 Å². The number of benzene rings is 1. The van der Waals surface area contributed by atoms with Crippen LogP contribution in [0.2, 0.25) is 0 Å². The first kappa shape index (κ1) is 18.5. The van der Waals surface area contributed by atoms with Gasteiger partial charge in [0, 0.05) is 31.9 Å². The van der Waals surface area contributed by atoms with Crippen molar-refractivity contribution in [3.63, 3.8) is 0 Å². The van der Waals surface area contributed by atoms with Crippen LogP contribution in [0.25, 0.3) is 0 Å². The molecule has 0 saturated carbocycles. The van der Waals surface area contributed by atoms with Gasteiger partial charge in [-0.1, -0.05) is 6.07 Å². The number of halogens is 3. The Kier molecular flexibility index (Phi) is 4.88. The second-order valence-corrected chi connectivity index (χ2v) is 5.79. The number of alkyl halides is 3. The number of nitrogens with one attached hydrogen (secondary N) is 1. The smallest absolute Gasteiger partial charge is 0.379 e. The summed E-state index contributed by atoms with van der Waals surface area (Å²) in [4.78, 5) is 27.3. The molecule has 1 aromatic heterocycles. The monoisotopic (exact) mass is 384 g/mol. The molecule has 2 heterocycles. The zero-order valence-electron chi connectivity index (χ0n) is 13.9. The van der Waals surface area contributed by atoms with E-state index in [0.717, 1.165) is 12.1 Å². The van der Waals surface area contributed by atoms with Gasteiger partial charge in [0.05, 0.1) is 5.56 Å². The molecule has 0 spiro atoms. The fraction of sp³-hybridized carbons (Fsp3) is 0.333. The molecule has 1 aliphatic rings. The average Bonchev–Trinajstić information content (AvgIpc) is 3.06. The molecular weight excluding hydrogens is 369 g/mol. The van der Waals surface area contributed by atoms with Crippen LogP contribution >= 0.6 is 0 Å². The number of hydrogen-bond donors (Lipinski definition) is 2. The molecule has 0 bridgehead atoms. The van der Waals surface area contributed by atoms with Crippen molar-refractivity contribution in [1.29, 1.82) is 0 Å². The van der Waals surface area contributed by atoms with E-state index in [9.17, 15) is 22.8 Å². The van der Waals surface area contributed by atoms with Gasteiger partial charge in [0.25, 0.3) is 5.91 Å². The Labute approximate surface area is 150 Å². The number of carbonyl (C=O) groups excluding carboxylic acids is 2. The molecule has 2 aromatic rings. The summed E-state index contributed by atoms with van der Waals surface area (Å²) < 4.78 is 42.6. The zero-order chi connectivity index (χ0) is 19.6. The number of urea groups is 1. The summed E-state index contributed by atoms with van der Waals surface area (Å²) >= 11 is 0. The number of hydrogen-bond acceptors (Lipinski definition) is 6. The molecule has 1 saturated heterocycles. The predicted octanol–water partition coefficient (Wildman–Crippen LogP) is 1.66. The molecule has 1 fully saturated rings. The number of nitrogens with two attached hydrogens (primary N) is 1. The van der Waals surface area contributed by atoms with E-state index in [2.05, 4.69) is 20.3 Å². The van der Waals surface area contributed by atoms with Crippen molar-refractivity contribution in [3.05, 3.63) is 35.5 Å². The molecule has 9 nitrogen and oxygen atoms in total. The molecule has 144 valence electrons. The molecule has 12 heteroatoms. The van der Waals surface area contributed by atoms with Crippen molar-refractivity contribution in [2.75, 3.05) is 37.2 Å². The SMILES string of the molecule is Nc1nonc1C(=O)N1CCN(C(=O)Nc2cccc(C(F)(F)F)c2)CC1. The second-order valence-electron chi connectivity index (χ2n) is 5.79. The highest BCUT2D eigenvalue weighted by Crippen LogP contribution is 2.30. The van der Waals surface area contributed by atoms with E-state index in [1.54, 1.807) is 0 Å². The first-order valence-corrected chi connectivity index (χ1v) is 7.86. The van der Waals surface area contributed by atoms with E-state index in [1.165, 1.54) is 21.9 Å². The summed E-state index contributed by atoms with van der Waals surface area (Å²) in [5.41, 5.74) is 4.57. The number of anilines is 2. The molecule has 27 heavy (non-hydrogen) atoms. The van der Waals surface area contributed by atoms with Crippen LogP contribution in [0.4, 0.5) is 29.5 Å². The number of aromatic nitrogens is 2. The van der Waals surface area contributed by atoms with Crippen molar-refractivity contribution in [3.8, 4) is 0 Å². The number of amides is 3. The summed E-state index contributed by atoms with van der Waals surface area (Å²) in [7, 11) is 0. The van der Waals surface area contributed by atoms with E-state index >= 15 is 0 Å². The molecule has 0 unspecified atom stereocenters. The van der Waals surface area contributed by atoms with Crippen molar-refractivity contribution >= 4 is 23.4 Å². The van der Waals surface area contributed by atoms with Gasteiger partial charge < -0.3 is 20.9 Å². The van der Waals surface area contributed by atoms with E-state index < -0.39 is 23.7 Å². The Morgan fingerprint density at radius 1 is 1.11 bits per heavy atom. The van der Waals surface area contributed by atoms with Gasteiger partial charge in [-0.15, -0.1) is 0 Å². The third kappa shape index (κ3) is 4.10. The van der Waals surface area contributed by atoms with Crippen LogP contribution in [-0.2, 0) is 6.18 Å². The van der Waals surface area contributed by atoms with E-state index in [1.807, 2.05) is 0 Å². The minimum Gasteiger partial charge on any atom is -0.379 e. The van der Waals surface area contributed by atoms with Gasteiger partial charge >= 0.3 is 12.2 Å². The van der Waals surface area contributed by atoms with E-state index in [4.69, 9.17) is 5.73 Å². The molecule has 3 N–H and O–H groups in total. The lowest BCUT2D eigenvalue weighted by Crippen LogP contribution is -2.51. The minimum absolute atomic E-state index is 0.0368. The second kappa shape index (κ2) is 7.13. The minimum atomic E-state index is -4.50. The fourth-order valence-corrected chi connectivity index (χ4v) is 2.58. The van der Waals surface area contributed by atoms with Crippen LogP contribution in [-0.4, -0.2) is 58.2 Å². The highest BCUT2D eigenvalue weighted by Gasteiger charge is 2.31. The van der Waals surface area contributed by atoms with Crippen LogP contribution in [0.1, 0.15) is 16.1 Å². The summed E-state index contributed by atoms with van der Waals surface area (Å²) in [6.45, 7) is 0.811. The maximum absolute atomic E-state index is 12.7. The molecule has 3 amide bonds. The lowest BCUT2D eigenvalue weighted by Gasteiger charge is -2.34. The Bertz CT molecular complexity index is 845. The molecule has 0 aliphatic carbocycles. The molecule has 1 aliphatic heterocycles. The largest absolute Gasteiger partial charge is 0.416 e. The summed E-state index contributed by atoms with van der Waals surface area (Å²) in [6, 6.07) is 3.81. The average molecular weight is 384 g/mol. The standard InChI is InChI=1S/C15H15F3N6O3/c16-15(17,18)9-2-1-3-10(8-9)20-14(26)24-6-4-23(5-7-24)13(25)11-12(19)22-27-21-11/h1-3,8H,4-7H2,(H2,19,22)(H,20,26). The predicted molar refractivity (Wildman–Crippen MR) is 86.6 cm³/mol. The van der Waals surface area contributed by atoms with Gasteiger partial charge in [-0.05, 0) is 28.5 Å². The van der Waals surface area contributed by atoms with Gasteiger partial charge in [0.2, 0.25) is 11.5 Å². The number of piperazine rings is 1. The van der Waals surface area contributed by atoms with Gasteiger partial charge in [0.15, 0.2) is 0 Å². The highest BCUT2D eigenvalue weighted by molar-refractivity contribution is 5.96. The summed E-state index contributed by atoms with van der Waals surface area (Å²) in [5, 5.41) is 9.21. The van der Waals surface area contributed by atoms with Crippen molar-refractivity contribution < 1.29 is 27.4 Å². The van der Waals surface area contributed by atoms with Gasteiger partial charge in [-0.2, -0.15) is 13.2 Å². The van der Waals surface area contributed by atoms with Crippen LogP contribution in [0.3, 0.4) is 0 Å². The van der Waals surface area contributed by atoms with E-state index in [-0.39, 0.29) is 43.4 Å². The Morgan fingerprint density at radius 3 is 2.37 bits per heavy atom. The third-order valence-electron chi connectivity index (χ3n) is 4.01. The Morgan fingerprint density at radius 2 is 1.78 bits per heavy atom. The first-order valence-electron chi connectivity index (χ1n) is 7.86. The molecular formula is C15H15F3N6O3. The topological polar surface area (TPSA) is 118 Å². The van der Waals surface area contributed by atoms with Crippen molar-refractivity contribution in [1.82, 2.24) is 20.1 Å². The number of rotatable bonds is 2. The maximum Gasteiger partial charge on any atom is 0.416 e. The lowest BCUT2D eigenvalue weighted by atomic mass is 10.2. The normalized spacial score (nSPS) is 14.9. The van der Waals surface area contributed by atoms with Crippen LogP contribution in [0.5, 0.6) is 0 Å². The summed E-state index contributed by atoms with van der Waals surface area (Å²) in [5.74, 6) is -0.587. The Hall–Kier alpha value is -3.31. The molecule has 0 atom stereocenters. The maximum atomic E-state index is 12.7. The fourth-order valence-electron chi connectivity index (χ4n) is 2.58. The number of carbonyl (C=O) groups is 2. The molecule has 0 radical (unpaired) electrons. The number of nitrogens with zero attached hydrogens (tertiary/aromatic N) is 4. The summed E-state index contributed by atoms with van der Waals surface area (Å²) in [6.07, 6.45) is -4.50. The molecule has 3 rings (SSSR count). The Balaban J connectivity index is 1.58. The van der Waals surface area contributed by atoms with Gasteiger partial charge in [-0.25, -0.2) is 9.42 Å². The van der Waals surface area contributed by atoms with Crippen LogP contribution in [0, 0.1) is 0 Å². The van der Waals surface area contributed by atoms with Crippen LogP contribution < -0.4 is 11.1 Å². The lowest BCUT2D eigenvalue weighted by molar-refractivity contribution is -0.137. The van der Waals surface area contributed by atoms with Gasteiger partial charge in [-0.3, -0.25) is 4.79 Å². The molecule has 1 aromatic carbocycles. The number of nitrogen functional groups attached to an aromatic ring is 1. The zero-order valence-corrected chi connectivity index (χ0v) is 13.9. The van der Waals surface area contributed by atoms with Crippen LogP contribution in [0.15, 0.2) is 28.9 Å². The highest BCUT2D eigenvalue weighted by atomic mass is 19.4. The van der Waals surface area contributed by atoms with Crippen molar-refractivity contribution in [2.45, 2.75) is 6.18 Å².